The minimum absolute atomic E-state index is 0.0931. The van der Waals surface area contributed by atoms with E-state index in [1.54, 1.807) is 0 Å². The molecule has 0 aliphatic carbocycles. The monoisotopic (exact) mass is 328 g/mol. The lowest BCUT2D eigenvalue weighted by Gasteiger charge is -2.32. The highest BCUT2D eigenvalue weighted by Gasteiger charge is 2.42. The summed E-state index contributed by atoms with van der Waals surface area (Å²) in [6, 6.07) is 3.82. The van der Waals surface area contributed by atoms with E-state index in [-0.39, 0.29) is 11.3 Å². The first-order valence-corrected chi connectivity index (χ1v) is 9.43. The normalized spacial score (nSPS) is 13.6. The molecule has 0 aromatic heterocycles. The number of rotatable bonds is 4. The molecule has 0 spiro atoms. The standard InChI is InChI=1S/C14H18F6Si/c1-4-21(5-2,6-3)12-8-7-10(13(15,16)17)9-11(12)14(18,19)20/h7-9H,4-6H2,1-3H3. The van der Waals surface area contributed by atoms with Gasteiger partial charge in [0.25, 0.3) is 0 Å². The number of alkyl halides is 6. The first-order chi connectivity index (χ1) is 9.51. The second kappa shape index (κ2) is 6.02. The third-order valence-corrected chi connectivity index (χ3v) is 9.89. The molecule has 0 saturated carbocycles. The van der Waals surface area contributed by atoms with Crippen LogP contribution in [0.4, 0.5) is 26.3 Å². The fourth-order valence-electron chi connectivity index (χ4n) is 2.74. The molecule has 0 bridgehead atoms. The van der Waals surface area contributed by atoms with Crippen LogP contribution in [-0.4, -0.2) is 8.07 Å². The van der Waals surface area contributed by atoms with Crippen molar-refractivity contribution in [2.24, 2.45) is 0 Å². The Labute approximate surface area is 121 Å². The van der Waals surface area contributed by atoms with Gasteiger partial charge in [-0.05, 0) is 11.3 Å². The van der Waals surface area contributed by atoms with E-state index in [1.807, 2.05) is 20.8 Å². The molecular formula is C14H18F6Si. The molecule has 120 valence electrons. The zero-order valence-corrected chi connectivity index (χ0v) is 13.1. The molecule has 0 heterocycles. The van der Waals surface area contributed by atoms with Gasteiger partial charge in [0.1, 0.15) is 0 Å². The molecule has 7 heteroatoms. The van der Waals surface area contributed by atoms with Crippen LogP contribution < -0.4 is 5.19 Å². The van der Waals surface area contributed by atoms with Gasteiger partial charge in [-0.3, -0.25) is 0 Å². The first-order valence-electron chi connectivity index (χ1n) is 6.80. The van der Waals surface area contributed by atoms with Crippen molar-refractivity contribution in [1.29, 1.82) is 0 Å². The lowest BCUT2D eigenvalue weighted by atomic mass is 10.1. The van der Waals surface area contributed by atoms with Gasteiger partial charge in [0.05, 0.1) is 19.2 Å². The molecule has 0 radical (unpaired) electrons. The summed E-state index contributed by atoms with van der Waals surface area (Å²) in [6.07, 6.45) is -9.54. The Bertz CT molecular complexity index is 477. The molecule has 1 rings (SSSR count). The number of halogens is 6. The van der Waals surface area contributed by atoms with Gasteiger partial charge in [-0.1, -0.05) is 51.0 Å². The molecule has 0 N–H and O–H groups in total. The second-order valence-corrected chi connectivity index (χ2v) is 10.3. The van der Waals surface area contributed by atoms with Crippen molar-refractivity contribution >= 4 is 13.3 Å². The summed E-state index contributed by atoms with van der Waals surface area (Å²) >= 11 is 0. The summed E-state index contributed by atoms with van der Waals surface area (Å²) in [4.78, 5) is 0. The van der Waals surface area contributed by atoms with E-state index >= 15 is 0 Å². The van der Waals surface area contributed by atoms with Gasteiger partial charge in [-0.25, -0.2) is 0 Å². The van der Waals surface area contributed by atoms with Gasteiger partial charge < -0.3 is 0 Å². The van der Waals surface area contributed by atoms with Crippen LogP contribution in [0.15, 0.2) is 18.2 Å². The maximum absolute atomic E-state index is 13.2. The van der Waals surface area contributed by atoms with E-state index in [0.29, 0.717) is 18.1 Å². The predicted octanol–water partition coefficient (Wildman–Crippen LogP) is 5.44. The van der Waals surface area contributed by atoms with Gasteiger partial charge in [0.15, 0.2) is 0 Å². The second-order valence-electron chi connectivity index (χ2n) is 5.10. The molecule has 0 aliphatic heterocycles. The van der Waals surface area contributed by atoms with Crippen LogP contribution in [0.3, 0.4) is 0 Å². The summed E-state index contributed by atoms with van der Waals surface area (Å²) < 4.78 is 77.7. The third kappa shape index (κ3) is 3.62. The summed E-state index contributed by atoms with van der Waals surface area (Å²) in [5.74, 6) is 0. The molecule has 0 amide bonds. The Hall–Kier alpha value is -0.983. The maximum Gasteiger partial charge on any atom is 0.416 e. The van der Waals surface area contributed by atoms with Crippen molar-refractivity contribution in [3.8, 4) is 0 Å². The lowest BCUT2D eigenvalue weighted by Crippen LogP contribution is -2.49. The highest BCUT2D eigenvalue weighted by molar-refractivity contribution is 6.92. The smallest absolute Gasteiger partial charge is 0.166 e. The van der Waals surface area contributed by atoms with Crippen molar-refractivity contribution < 1.29 is 26.3 Å². The highest BCUT2D eigenvalue weighted by Crippen LogP contribution is 2.36. The Morgan fingerprint density at radius 3 is 1.62 bits per heavy atom. The van der Waals surface area contributed by atoms with E-state index in [9.17, 15) is 26.3 Å². The fourth-order valence-corrected chi connectivity index (χ4v) is 6.60. The maximum atomic E-state index is 13.2. The van der Waals surface area contributed by atoms with Gasteiger partial charge in [-0.15, -0.1) is 0 Å². The van der Waals surface area contributed by atoms with E-state index in [0.717, 1.165) is 12.1 Å². The Balaban J connectivity index is 3.60. The average molecular weight is 328 g/mol. The van der Waals surface area contributed by atoms with Crippen LogP contribution in [0.25, 0.3) is 0 Å². The topological polar surface area (TPSA) is 0 Å². The van der Waals surface area contributed by atoms with Crippen LogP contribution in [0.1, 0.15) is 31.9 Å². The van der Waals surface area contributed by atoms with Gasteiger partial charge in [-0.2, -0.15) is 26.3 Å². The molecule has 0 unspecified atom stereocenters. The Morgan fingerprint density at radius 1 is 0.810 bits per heavy atom. The number of hydrogen-bond donors (Lipinski definition) is 0. The number of benzene rings is 1. The zero-order valence-electron chi connectivity index (χ0n) is 12.1. The van der Waals surface area contributed by atoms with Crippen molar-refractivity contribution in [3.63, 3.8) is 0 Å². The SMILES string of the molecule is CC[Si](CC)(CC)c1ccc(C(F)(F)F)cc1C(F)(F)F. The van der Waals surface area contributed by atoms with E-state index in [2.05, 4.69) is 0 Å². The molecular weight excluding hydrogens is 310 g/mol. The quantitative estimate of drug-likeness (QED) is 0.510. The average Bonchev–Trinajstić information content (AvgIpc) is 2.39. The third-order valence-electron chi connectivity index (χ3n) is 4.25. The van der Waals surface area contributed by atoms with Gasteiger partial charge >= 0.3 is 12.4 Å². The molecule has 0 fully saturated rings. The zero-order chi connectivity index (χ0) is 16.5. The summed E-state index contributed by atoms with van der Waals surface area (Å²) in [5, 5.41) is 0.0931. The first kappa shape index (κ1) is 18.1. The van der Waals surface area contributed by atoms with Crippen LogP contribution in [0.5, 0.6) is 0 Å². The molecule has 21 heavy (non-hydrogen) atoms. The predicted molar refractivity (Wildman–Crippen MR) is 73.3 cm³/mol. The summed E-state index contributed by atoms with van der Waals surface area (Å²) in [7, 11) is -2.42. The Morgan fingerprint density at radius 2 is 1.29 bits per heavy atom. The van der Waals surface area contributed by atoms with Crippen LogP contribution in [-0.2, 0) is 12.4 Å². The van der Waals surface area contributed by atoms with Crippen LogP contribution in [0.2, 0.25) is 18.1 Å². The van der Waals surface area contributed by atoms with E-state index in [1.165, 1.54) is 0 Å². The molecule has 0 atom stereocenters. The molecule has 0 aliphatic rings. The molecule has 0 saturated heterocycles. The minimum atomic E-state index is -4.77. The van der Waals surface area contributed by atoms with Crippen molar-refractivity contribution in [3.05, 3.63) is 29.3 Å². The largest absolute Gasteiger partial charge is 0.416 e. The highest BCUT2D eigenvalue weighted by atomic mass is 28.3. The van der Waals surface area contributed by atoms with Gasteiger partial charge in [0, 0.05) is 0 Å². The molecule has 0 nitrogen and oxygen atoms in total. The Kier molecular flexibility index (Phi) is 5.18. The minimum Gasteiger partial charge on any atom is -0.166 e. The van der Waals surface area contributed by atoms with E-state index < -0.39 is 31.6 Å². The van der Waals surface area contributed by atoms with Crippen molar-refractivity contribution in [2.45, 2.75) is 51.3 Å². The van der Waals surface area contributed by atoms with Crippen LogP contribution in [0, 0.1) is 0 Å². The number of hydrogen-bond acceptors (Lipinski definition) is 0. The lowest BCUT2D eigenvalue weighted by molar-refractivity contribution is -0.142. The fraction of sp³-hybridized carbons (Fsp3) is 0.571. The van der Waals surface area contributed by atoms with E-state index in [4.69, 9.17) is 0 Å². The van der Waals surface area contributed by atoms with Crippen LogP contribution >= 0.6 is 0 Å². The van der Waals surface area contributed by atoms with Crippen molar-refractivity contribution in [1.82, 2.24) is 0 Å². The summed E-state index contributed by atoms with van der Waals surface area (Å²) in [5.41, 5.74) is -2.36. The summed E-state index contributed by atoms with van der Waals surface area (Å²) in [6.45, 7) is 5.45. The molecule has 1 aromatic carbocycles. The van der Waals surface area contributed by atoms with Crippen molar-refractivity contribution in [2.75, 3.05) is 0 Å². The molecule has 1 aromatic rings. The van der Waals surface area contributed by atoms with Gasteiger partial charge in [0.2, 0.25) is 0 Å².